The Hall–Kier alpha value is 0.0197. The van der Waals surface area contributed by atoms with Crippen LogP contribution in [0.1, 0.15) is 194 Å². The molecule has 0 amide bonds. The maximum Gasteiger partial charge on any atom is 2.00 e. The predicted molar refractivity (Wildman–Crippen MR) is 200 cm³/mol. The van der Waals surface area contributed by atoms with E-state index in [1.54, 1.807) is 0 Å². The van der Waals surface area contributed by atoms with Crippen molar-refractivity contribution in [3.05, 3.63) is 0 Å². The van der Waals surface area contributed by atoms with E-state index in [0.717, 1.165) is 38.5 Å². The van der Waals surface area contributed by atoms with Crippen molar-refractivity contribution in [3.8, 4) is 0 Å². The number of carboxylic acids is 2. The number of unbranched alkanes of at least 4 members (excludes halogenated alkanes) is 26. The standard InChI is InChI=1S/2C18H37NO4S.Ca/c2*1-2-3-4-5-6-7-8-9-10-11-12-13-14-15-16-24(22,23)19-17-18(20)21;/h2*19H,2-17H2,1H3,(H,20,21);/q;;+2/p-2. The number of carboxylic acid groups (broad SMARTS) is 2. The van der Waals surface area contributed by atoms with Gasteiger partial charge >= 0.3 is 37.7 Å². The van der Waals surface area contributed by atoms with E-state index in [2.05, 4.69) is 13.8 Å². The molecule has 0 aliphatic rings. The Morgan fingerprint density at radius 1 is 0.388 bits per heavy atom. The van der Waals surface area contributed by atoms with Crippen LogP contribution in [0.5, 0.6) is 0 Å². The Labute approximate surface area is 331 Å². The van der Waals surface area contributed by atoms with Gasteiger partial charge in [0, 0.05) is 0 Å². The SMILES string of the molecule is CCCCCCCCCCCCCCCCS(=O)(=O)NCC(=O)[O-].CCCCCCCCCCCCCCCCS(=O)(=O)NCC(=O)[O-].[Ca+2]. The van der Waals surface area contributed by atoms with Gasteiger partial charge in [-0.05, 0) is 12.8 Å². The Balaban J connectivity index is -0.000000846. The van der Waals surface area contributed by atoms with E-state index in [1.807, 2.05) is 9.44 Å². The Bertz CT molecular complexity index is 875. The topological polar surface area (TPSA) is 173 Å². The normalized spacial score (nSPS) is 11.5. The average molecular weight is 765 g/mol. The monoisotopic (exact) mass is 764 g/mol. The van der Waals surface area contributed by atoms with Crippen LogP contribution in [-0.4, -0.2) is 91.1 Å². The Morgan fingerprint density at radius 2 is 0.571 bits per heavy atom. The molecule has 0 saturated heterocycles. The van der Waals surface area contributed by atoms with Crippen molar-refractivity contribution in [1.29, 1.82) is 0 Å². The van der Waals surface area contributed by atoms with Gasteiger partial charge in [0.15, 0.2) is 0 Å². The quantitative estimate of drug-likeness (QED) is 0.0587. The van der Waals surface area contributed by atoms with Crippen LogP contribution in [0.25, 0.3) is 0 Å². The molecule has 0 rings (SSSR count). The number of carbonyl (C=O) groups is 2. The van der Waals surface area contributed by atoms with Crippen LogP contribution in [-0.2, 0) is 29.6 Å². The smallest absolute Gasteiger partial charge is 0.549 e. The number of nitrogens with one attached hydrogen (secondary N) is 2. The van der Waals surface area contributed by atoms with Crippen molar-refractivity contribution in [2.75, 3.05) is 24.6 Å². The van der Waals surface area contributed by atoms with Gasteiger partial charge in [0.1, 0.15) is 0 Å². The van der Waals surface area contributed by atoms with Gasteiger partial charge in [-0.2, -0.15) is 0 Å². The minimum absolute atomic E-state index is 0. The summed E-state index contributed by atoms with van der Waals surface area (Å²) in [4.78, 5) is 20.4. The number of rotatable bonds is 36. The number of carbonyl (C=O) groups excluding carboxylic acids is 2. The van der Waals surface area contributed by atoms with Gasteiger partial charge in [0.2, 0.25) is 20.0 Å². The fourth-order valence-electron chi connectivity index (χ4n) is 5.46. The zero-order chi connectivity index (χ0) is 36.2. The summed E-state index contributed by atoms with van der Waals surface area (Å²) in [7, 11) is -6.93. The van der Waals surface area contributed by atoms with Gasteiger partial charge in [0.05, 0.1) is 36.5 Å². The first kappa shape index (κ1) is 53.4. The molecule has 0 spiro atoms. The molecule has 13 heteroatoms. The maximum absolute atomic E-state index is 11.5. The zero-order valence-electron chi connectivity index (χ0n) is 31.4. The third-order valence-corrected chi connectivity index (χ3v) is 11.2. The third-order valence-electron chi connectivity index (χ3n) is 8.41. The van der Waals surface area contributed by atoms with Crippen molar-refractivity contribution < 1.29 is 36.6 Å². The second kappa shape index (κ2) is 39.2. The van der Waals surface area contributed by atoms with Crippen LogP contribution in [0.4, 0.5) is 0 Å². The van der Waals surface area contributed by atoms with Crippen LogP contribution >= 0.6 is 0 Å². The van der Waals surface area contributed by atoms with E-state index < -0.39 is 45.1 Å². The molecule has 0 unspecified atom stereocenters. The second-order valence-electron chi connectivity index (χ2n) is 13.2. The summed E-state index contributed by atoms with van der Waals surface area (Å²) in [6.07, 6.45) is 34.0. The molecule has 49 heavy (non-hydrogen) atoms. The zero-order valence-corrected chi connectivity index (χ0v) is 35.3. The summed E-state index contributed by atoms with van der Waals surface area (Å²) in [5, 5.41) is 20.4. The summed E-state index contributed by atoms with van der Waals surface area (Å²) < 4.78 is 49.8. The molecule has 0 aliphatic carbocycles. The minimum atomic E-state index is -3.46. The van der Waals surface area contributed by atoms with E-state index in [-0.39, 0.29) is 49.2 Å². The summed E-state index contributed by atoms with van der Waals surface area (Å²) >= 11 is 0. The van der Waals surface area contributed by atoms with Crippen LogP contribution in [0.3, 0.4) is 0 Å². The molecule has 10 nitrogen and oxygen atoms in total. The average Bonchev–Trinajstić information content (AvgIpc) is 3.03. The van der Waals surface area contributed by atoms with Gasteiger partial charge in [-0.15, -0.1) is 0 Å². The van der Waals surface area contributed by atoms with Crippen LogP contribution in [0.15, 0.2) is 0 Å². The Kier molecular flexibility index (Phi) is 42.7. The van der Waals surface area contributed by atoms with Crippen LogP contribution in [0.2, 0.25) is 0 Å². The first-order chi connectivity index (χ1) is 23.0. The van der Waals surface area contributed by atoms with E-state index >= 15 is 0 Å². The molecule has 0 aromatic heterocycles. The summed E-state index contributed by atoms with van der Waals surface area (Å²) in [5.74, 6) is -2.81. The third kappa shape index (κ3) is 48.0. The summed E-state index contributed by atoms with van der Waals surface area (Å²) in [6.45, 7) is 3.21. The first-order valence-corrected chi connectivity index (χ1v) is 22.6. The molecule has 0 aliphatic heterocycles. The number of aliphatic carboxylic acids is 2. The van der Waals surface area contributed by atoms with Gasteiger partial charge in [0.25, 0.3) is 0 Å². The maximum atomic E-state index is 11.5. The molecule has 0 radical (unpaired) electrons. The Morgan fingerprint density at radius 3 is 0.755 bits per heavy atom. The molecule has 288 valence electrons. The predicted octanol–water partition coefficient (Wildman–Crippen LogP) is 5.89. The van der Waals surface area contributed by atoms with Crippen molar-refractivity contribution >= 4 is 69.7 Å². The second-order valence-corrected chi connectivity index (χ2v) is 17.1. The molecule has 0 fully saturated rings. The first-order valence-electron chi connectivity index (χ1n) is 19.3. The number of hydrogen-bond donors (Lipinski definition) is 2. The molecular weight excluding hydrogens is 693 g/mol. The van der Waals surface area contributed by atoms with E-state index in [0.29, 0.717) is 12.8 Å². The van der Waals surface area contributed by atoms with Crippen molar-refractivity contribution in [2.45, 2.75) is 194 Å². The fraction of sp³-hybridized carbons (Fsp3) is 0.944. The van der Waals surface area contributed by atoms with E-state index in [4.69, 9.17) is 0 Å². The van der Waals surface area contributed by atoms with E-state index in [1.165, 1.54) is 128 Å². The van der Waals surface area contributed by atoms with Gasteiger partial charge in [-0.3, -0.25) is 0 Å². The van der Waals surface area contributed by atoms with Crippen molar-refractivity contribution in [3.63, 3.8) is 0 Å². The number of sulfonamides is 2. The molecular formula is C36H72CaN2O8S2. The van der Waals surface area contributed by atoms with Gasteiger partial charge in [-0.1, -0.05) is 181 Å². The molecule has 0 aromatic carbocycles. The summed E-state index contributed by atoms with van der Waals surface area (Å²) in [5.41, 5.74) is 0. The fourth-order valence-corrected chi connectivity index (χ4v) is 7.59. The molecule has 0 atom stereocenters. The molecule has 0 heterocycles. The largest absolute Gasteiger partial charge is 2.00 e. The molecule has 0 saturated carbocycles. The van der Waals surface area contributed by atoms with Gasteiger partial charge < -0.3 is 19.8 Å². The number of hydrogen-bond acceptors (Lipinski definition) is 8. The molecule has 0 bridgehead atoms. The van der Waals surface area contributed by atoms with Crippen LogP contribution in [0, 0.1) is 0 Å². The van der Waals surface area contributed by atoms with E-state index in [9.17, 15) is 36.6 Å². The molecule has 0 aromatic rings. The van der Waals surface area contributed by atoms with Gasteiger partial charge in [-0.25, -0.2) is 26.3 Å². The van der Waals surface area contributed by atoms with Crippen molar-refractivity contribution in [1.82, 2.24) is 9.44 Å². The minimum Gasteiger partial charge on any atom is -0.549 e. The van der Waals surface area contributed by atoms with Crippen molar-refractivity contribution in [2.24, 2.45) is 0 Å². The molecule has 2 N–H and O–H groups in total. The van der Waals surface area contributed by atoms with Crippen LogP contribution < -0.4 is 19.7 Å². The summed E-state index contributed by atoms with van der Waals surface area (Å²) in [6, 6.07) is 0.